The second-order valence-corrected chi connectivity index (χ2v) is 5.63. The Labute approximate surface area is 123 Å². The molecule has 1 aliphatic heterocycles. The maximum absolute atomic E-state index is 11.7. The number of carboxylic acid groups (broad SMARTS) is 1. The summed E-state index contributed by atoms with van der Waals surface area (Å²) >= 11 is 0. The van der Waals surface area contributed by atoms with Crippen LogP contribution >= 0.6 is 0 Å². The minimum absolute atomic E-state index is 0.0498. The number of non-ortho nitro benzene ring substituents is 1. The van der Waals surface area contributed by atoms with Crippen LogP contribution in [0.25, 0.3) is 0 Å². The van der Waals surface area contributed by atoms with Crippen LogP contribution in [0.3, 0.4) is 0 Å². The van der Waals surface area contributed by atoms with Gasteiger partial charge in [0.2, 0.25) is 0 Å². The molecule has 6 nitrogen and oxygen atoms in total. The summed E-state index contributed by atoms with van der Waals surface area (Å²) in [4.78, 5) is 23.9. The third-order valence-corrected chi connectivity index (χ3v) is 4.18. The summed E-state index contributed by atoms with van der Waals surface area (Å²) in [5, 5.41) is 20.3. The van der Waals surface area contributed by atoms with Gasteiger partial charge in [0, 0.05) is 30.9 Å². The smallest absolute Gasteiger partial charge is 0.311 e. The molecule has 0 bridgehead atoms. The summed E-state index contributed by atoms with van der Waals surface area (Å²) in [6.45, 7) is 3.25. The fourth-order valence-corrected chi connectivity index (χ4v) is 3.10. The number of rotatable bonds is 5. The molecule has 1 atom stereocenters. The van der Waals surface area contributed by atoms with E-state index in [0.717, 1.165) is 25.1 Å². The first-order valence-corrected chi connectivity index (χ1v) is 7.21. The van der Waals surface area contributed by atoms with Gasteiger partial charge in [-0.3, -0.25) is 14.9 Å². The Hall–Kier alpha value is -2.11. The van der Waals surface area contributed by atoms with Crippen molar-refractivity contribution in [1.82, 2.24) is 0 Å². The third-order valence-electron chi connectivity index (χ3n) is 4.18. The summed E-state index contributed by atoms with van der Waals surface area (Å²) < 4.78 is 0. The number of carboxylic acids is 1. The number of nitro benzene ring substituents is 1. The molecule has 6 heteroatoms. The van der Waals surface area contributed by atoms with Crippen molar-refractivity contribution in [2.24, 2.45) is 5.41 Å². The molecule has 0 amide bonds. The lowest BCUT2D eigenvalue weighted by atomic mass is 9.76. The van der Waals surface area contributed by atoms with E-state index in [1.807, 2.05) is 11.8 Å². The van der Waals surface area contributed by atoms with Gasteiger partial charge in [0.25, 0.3) is 5.69 Å². The van der Waals surface area contributed by atoms with E-state index in [1.165, 1.54) is 12.1 Å². The van der Waals surface area contributed by atoms with Crippen molar-refractivity contribution in [3.05, 3.63) is 34.4 Å². The van der Waals surface area contributed by atoms with Crippen LogP contribution in [0.2, 0.25) is 0 Å². The lowest BCUT2D eigenvalue weighted by Crippen LogP contribution is -2.48. The zero-order chi connectivity index (χ0) is 15.5. The highest BCUT2D eigenvalue weighted by Crippen LogP contribution is 2.37. The molecular weight excluding hydrogens is 272 g/mol. The van der Waals surface area contributed by atoms with Gasteiger partial charge in [0.1, 0.15) is 0 Å². The number of nitro groups is 1. The average molecular weight is 292 g/mol. The molecule has 0 aromatic heterocycles. The minimum Gasteiger partial charge on any atom is -0.481 e. The Morgan fingerprint density at radius 3 is 2.62 bits per heavy atom. The van der Waals surface area contributed by atoms with Crippen LogP contribution in [0.5, 0.6) is 0 Å². The number of benzene rings is 1. The molecule has 0 aliphatic carbocycles. The Kier molecular flexibility index (Phi) is 4.45. The number of hydrogen-bond donors (Lipinski definition) is 1. The highest BCUT2D eigenvalue weighted by Gasteiger charge is 2.41. The van der Waals surface area contributed by atoms with Gasteiger partial charge in [-0.2, -0.15) is 0 Å². The molecule has 1 heterocycles. The fourth-order valence-electron chi connectivity index (χ4n) is 3.10. The molecule has 1 aromatic rings. The summed E-state index contributed by atoms with van der Waals surface area (Å²) in [6, 6.07) is 6.32. The predicted molar refractivity (Wildman–Crippen MR) is 79.5 cm³/mol. The molecule has 0 radical (unpaired) electrons. The summed E-state index contributed by atoms with van der Waals surface area (Å²) in [5.74, 6) is -0.740. The summed E-state index contributed by atoms with van der Waals surface area (Å²) in [7, 11) is 0. The van der Waals surface area contributed by atoms with E-state index in [2.05, 4.69) is 0 Å². The number of carbonyl (C=O) groups is 1. The van der Waals surface area contributed by atoms with Gasteiger partial charge >= 0.3 is 5.97 Å². The lowest BCUT2D eigenvalue weighted by molar-refractivity contribution is -0.384. The van der Waals surface area contributed by atoms with Gasteiger partial charge in [0.15, 0.2) is 0 Å². The zero-order valence-corrected chi connectivity index (χ0v) is 12.1. The van der Waals surface area contributed by atoms with Gasteiger partial charge in [-0.05, 0) is 31.4 Å². The Morgan fingerprint density at radius 1 is 1.43 bits per heavy atom. The fraction of sp³-hybridized carbons (Fsp3) is 0.533. The normalized spacial score (nSPS) is 22.0. The molecule has 1 aliphatic rings. The van der Waals surface area contributed by atoms with Crippen molar-refractivity contribution in [2.45, 2.75) is 32.6 Å². The van der Waals surface area contributed by atoms with Gasteiger partial charge < -0.3 is 10.0 Å². The van der Waals surface area contributed by atoms with E-state index in [-0.39, 0.29) is 5.69 Å². The van der Waals surface area contributed by atoms with Crippen molar-refractivity contribution in [3.8, 4) is 0 Å². The maximum atomic E-state index is 11.7. The monoisotopic (exact) mass is 292 g/mol. The van der Waals surface area contributed by atoms with Gasteiger partial charge in [-0.25, -0.2) is 0 Å². The molecule has 1 N–H and O–H groups in total. The maximum Gasteiger partial charge on any atom is 0.311 e. The molecule has 0 saturated carbocycles. The van der Waals surface area contributed by atoms with Crippen molar-refractivity contribution >= 4 is 17.3 Å². The van der Waals surface area contributed by atoms with Crippen molar-refractivity contribution in [1.29, 1.82) is 0 Å². The quantitative estimate of drug-likeness (QED) is 0.666. The van der Waals surface area contributed by atoms with Crippen LogP contribution < -0.4 is 4.90 Å². The van der Waals surface area contributed by atoms with Crippen LogP contribution in [-0.2, 0) is 4.79 Å². The number of nitrogens with zero attached hydrogens (tertiary/aromatic N) is 2. The Bertz CT molecular complexity index is 525. The largest absolute Gasteiger partial charge is 0.481 e. The van der Waals surface area contributed by atoms with Crippen LogP contribution in [0.1, 0.15) is 32.6 Å². The second kappa shape index (κ2) is 6.11. The minimum atomic E-state index is -0.740. The molecule has 1 fully saturated rings. The number of piperidine rings is 1. The van der Waals surface area contributed by atoms with Crippen molar-refractivity contribution in [2.75, 3.05) is 18.0 Å². The number of hydrogen-bond acceptors (Lipinski definition) is 4. The molecule has 1 unspecified atom stereocenters. The van der Waals surface area contributed by atoms with Gasteiger partial charge in [-0.15, -0.1) is 0 Å². The van der Waals surface area contributed by atoms with Crippen LogP contribution in [0.4, 0.5) is 11.4 Å². The first kappa shape index (κ1) is 15.3. The number of anilines is 1. The topological polar surface area (TPSA) is 83.7 Å². The molecule has 1 saturated heterocycles. The summed E-state index contributed by atoms with van der Waals surface area (Å²) in [6.07, 6.45) is 3.01. The SMILES string of the molecule is CCCC1(C(=O)O)CCCN(c2ccc([N+](=O)[O-])cc2)C1. The highest BCUT2D eigenvalue weighted by atomic mass is 16.6. The lowest BCUT2D eigenvalue weighted by Gasteiger charge is -2.41. The first-order chi connectivity index (χ1) is 9.98. The van der Waals surface area contributed by atoms with E-state index in [1.54, 1.807) is 12.1 Å². The van der Waals surface area contributed by atoms with E-state index in [4.69, 9.17) is 0 Å². The number of aliphatic carboxylic acids is 1. The van der Waals surface area contributed by atoms with Crippen LogP contribution in [0, 0.1) is 15.5 Å². The van der Waals surface area contributed by atoms with E-state index < -0.39 is 16.3 Å². The van der Waals surface area contributed by atoms with E-state index >= 15 is 0 Å². The van der Waals surface area contributed by atoms with Crippen LogP contribution in [-0.4, -0.2) is 29.1 Å². The molecular formula is C15H20N2O4. The van der Waals surface area contributed by atoms with Gasteiger partial charge in [-0.1, -0.05) is 13.3 Å². The van der Waals surface area contributed by atoms with Crippen LogP contribution in [0.15, 0.2) is 24.3 Å². The van der Waals surface area contributed by atoms with Crippen molar-refractivity contribution < 1.29 is 14.8 Å². The molecule has 1 aromatic carbocycles. The second-order valence-electron chi connectivity index (χ2n) is 5.63. The molecule has 2 rings (SSSR count). The van der Waals surface area contributed by atoms with Gasteiger partial charge in [0.05, 0.1) is 10.3 Å². The van der Waals surface area contributed by atoms with Crippen molar-refractivity contribution in [3.63, 3.8) is 0 Å². The summed E-state index contributed by atoms with van der Waals surface area (Å²) in [5.41, 5.74) is 0.199. The molecule has 21 heavy (non-hydrogen) atoms. The standard InChI is InChI=1S/C15H20N2O4/c1-2-8-15(14(18)19)9-3-10-16(11-15)12-4-6-13(7-5-12)17(20)21/h4-7H,2-3,8-11H2,1H3,(H,18,19). The molecule has 0 spiro atoms. The first-order valence-electron chi connectivity index (χ1n) is 7.21. The van der Waals surface area contributed by atoms with E-state index in [9.17, 15) is 20.0 Å². The predicted octanol–water partition coefficient (Wildman–Crippen LogP) is 3.07. The average Bonchev–Trinajstić information content (AvgIpc) is 2.48. The zero-order valence-electron chi connectivity index (χ0n) is 12.1. The highest BCUT2D eigenvalue weighted by molar-refractivity contribution is 5.76. The third kappa shape index (κ3) is 3.15. The Morgan fingerprint density at radius 2 is 2.10 bits per heavy atom. The molecule has 114 valence electrons. The van der Waals surface area contributed by atoms with E-state index in [0.29, 0.717) is 19.4 Å². The Balaban J connectivity index is 2.20.